The molecule has 0 aliphatic rings. The maximum Gasteiger partial charge on any atom is 0.0627 e. The van der Waals surface area contributed by atoms with Gasteiger partial charge in [0.2, 0.25) is 0 Å². The van der Waals surface area contributed by atoms with Crippen molar-refractivity contribution in [2.24, 2.45) is 5.92 Å². The normalized spacial score (nSPS) is 11.1. The summed E-state index contributed by atoms with van der Waals surface area (Å²) in [6, 6.07) is 2.13. The molecule has 0 N–H and O–H groups in total. The summed E-state index contributed by atoms with van der Waals surface area (Å²) in [6.07, 6.45) is 5.65. The predicted octanol–water partition coefficient (Wildman–Crippen LogP) is 2.88. The highest BCUT2D eigenvalue weighted by molar-refractivity contribution is 4.99. The molecule has 0 saturated carbocycles. The smallest absolute Gasteiger partial charge is 0.0627 e. The van der Waals surface area contributed by atoms with Gasteiger partial charge in [-0.2, -0.15) is 5.10 Å². The summed E-state index contributed by atoms with van der Waals surface area (Å²) >= 11 is 0. The van der Waals surface area contributed by atoms with E-state index in [9.17, 15) is 0 Å². The second kappa shape index (κ2) is 5.05. The van der Waals surface area contributed by atoms with E-state index < -0.39 is 0 Å². The average molecular weight is 180 g/mol. The first-order valence-electron chi connectivity index (χ1n) is 5.24. The van der Waals surface area contributed by atoms with E-state index in [1.165, 1.54) is 18.5 Å². The van der Waals surface area contributed by atoms with Crippen molar-refractivity contribution in [3.05, 3.63) is 18.0 Å². The zero-order valence-electron chi connectivity index (χ0n) is 8.95. The number of nitrogens with zero attached hydrogens (tertiary/aromatic N) is 2. The summed E-state index contributed by atoms with van der Waals surface area (Å²) in [5, 5.41) is 4.50. The van der Waals surface area contributed by atoms with E-state index in [0.717, 1.165) is 13.0 Å². The molecule has 2 nitrogen and oxygen atoms in total. The standard InChI is InChI=1S/C11H20N2/c1-4-5-7-13-8-6-11(12-13)9-10(2)3/h6,8,10H,4-5,7,9H2,1-3H3. The van der Waals surface area contributed by atoms with E-state index in [4.69, 9.17) is 0 Å². The molecule has 0 radical (unpaired) electrons. The van der Waals surface area contributed by atoms with Crippen molar-refractivity contribution in [1.82, 2.24) is 9.78 Å². The predicted molar refractivity (Wildman–Crippen MR) is 55.7 cm³/mol. The summed E-state index contributed by atoms with van der Waals surface area (Å²) in [7, 11) is 0. The van der Waals surface area contributed by atoms with Crippen molar-refractivity contribution in [3.63, 3.8) is 0 Å². The molecule has 13 heavy (non-hydrogen) atoms. The van der Waals surface area contributed by atoms with E-state index in [0.29, 0.717) is 5.92 Å². The third-order valence-corrected chi connectivity index (χ3v) is 2.05. The molecule has 2 heteroatoms. The van der Waals surface area contributed by atoms with Crippen LogP contribution >= 0.6 is 0 Å². The van der Waals surface area contributed by atoms with Crippen LogP contribution in [-0.2, 0) is 13.0 Å². The van der Waals surface area contributed by atoms with Gasteiger partial charge in [-0.1, -0.05) is 27.2 Å². The first kappa shape index (κ1) is 10.3. The molecule has 1 rings (SSSR count). The minimum Gasteiger partial charge on any atom is -0.272 e. The highest BCUT2D eigenvalue weighted by Gasteiger charge is 2.01. The first-order valence-corrected chi connectivity index (χ1v) is 5.24. The van der Waals surface area contributed by atoms with E-state index in [-0.39, 0.29) is 0 Å². The Hall–Kier alpha value is -0.790. The molecule has 1 heterocycles. The lowest BCUT2D eigenvalue weighted by Gasteiger charge is -2.00. The average Bonchev–Trinajstić information content (AvgIpc) is 2.48. The second-order valence-electron chi connectivity index (χ2n) is 4.02. The van der Waals surface area contributed by atoms with Gasteiger partial charge in [-0.25, -0.2) is 0 Å². The van der Waals surface area contributed by atoms with Gasteiger partial charge in [0.05, 0.1) is 5.69 Å². The van der Waals surface area contributed by atoms with Crippen LogP contribution in [0.25, 0.3) is 0 Å². The quantitative estimate of drug-likeness (QED) is 0.681. The van der Waals surface area contributed by atoms with Gasteiger partial charge in [0, 0.05) is 12.7 Å². The van der Waals surface area contributed by atoms with Gasteiger partial charge in [-0.05, 0) is 24.8 Å². The molecule has 0 fully saturated rings. The summed E-state index contributed by atoms with van der Waals surface area (Å²) in [5.74, 6) is 0.703. The zero-order chi connectivity index (χ0) is 9.68. The Bertz CT molecular complexity index is 238. The van der Waals surface area contributed by atoms with Crippen molar-refractivity contribution in [2.75, 3.05) is 0 Å². The van der Waals surface area contributed by atoms with Crippen LogP contribution in [0.2, 0.25) is 0 Å². The molecular formula is C11H20N2. The highest BCUT2D eigenvalue weighted by Crippen LogP contribution is 2.05. The van der Waals surface area contributed by atoms with Gasteiger partial charge in [-0.3, -0.25) is 4.68 Å². The molecule has 74 valence electrons. The number of rotatable bonds is 5. The Morgan fingerprint density at radius 3 is 2.85 bits per heavy atom. The Labute approximate surface area is 81.0 Å². The van der Waals surface area contributed by atoms with Crippen LogP contribution in [0.5, 0.6) is 0 Å². The Morgan fingerprint density at radius 2 is 2.23 bits per heavy atom. The first-order chi connectivity index (χ1) is 6.22. The summed E-state index contributed by atoms with van der Waals surface area (Å²) in [5.41, 5.74) is 1.23. The van der Waals surface area contributed by atoms with Crippen molar-refractivity contribution in [3.8, 4) is 0 Å². The zero-order valence-corrected chi connectivity index (χ0v) is 8.95. The Balaban J connectivity index is 2.44. The summed E-state index contributed by atoms with van der Waals surface area (Å²) < 4.78 is 2.06. The molecule has 0 bridgehead atoms. The minimum absolute atomic E-state index is 0.703. The van der Waals surface area contributed by atoms with E-state index in [1.807, 2.05) is 0 Å². The molecule has 0 atom stereocenters. The monoisotopic (exact) mass is 180 g/mol. The van der Waals surface area contributed by atoms with Crippen LogP contribution in [0.1, 0.15) is 39.3 Å². The molecule has 0 amide bonds. The molecule has 0 saturated heterocycles. The minimum atomic E-state index is 0.703. The Morgan fingerprint density at radius 1 is 1.46 bits per heavy atom. The van der Waals surface area contributed by atoms with Crippen LogP contribution in [0.4, 0.5) is 0 Å². The SMILES string of the molecule is CCCCn1ccc(CC(C)C)n1. The number of hydrogen-bond donors (Lipinski definition) is 0. The lowest BCUT2D eigenvalue weighted by molar-refractivity contribution is 0.553. The number of hydrogen-bond acceptors (Lipinski definition) is 1. The summed E-state index contributed by atoms with van der Waals surface area (Å²) in [6.45, 7) is 7.73. The molecule has 1 aromatic rings. The second-order valence-corrected chi connectivity index (χ2v) is 4.02. The maximum atomic E-state index is 4.50. The van der Waals surface area contributed by atoms with E-state index >= 15 is 0 Å². The van der Waals surface area contributed by atoms with Gasteiger partial charge < -0.3 is 0 Å². The van der Waals surface area contributed by atoms with Crippen LogP contribution in [-0.4, -0.2) is 9.78 Å². The van der Waals surface area contributed by atoms with E-state index in [2.05, 4.69) is 42.8 Å². The van der Waals surface area contributed by atoms with Gasteiger partial charge in [-0.15, -0.1) is 0 Å². The summed E-state index contributed by atoms with van der Waals surface area (Å²) in [4.78, 5) is 0. The fourth-order valence-electron chi connectivity index (χ4n) is 1.38. The largest absolute Gasteiger partial charge is 0.272 e. The molecule has 0 spiro atoms. The molecule has 0 aliphatic carbocycles. The topological polar surface area (TPSA) is 17.8 Å². The fraction of sp³-hybridized carbons (Fsp3) is 0.727. The molecule has 1 aromatic heterocycles. The number of unbranched alkanes of at least 4 members (excludes halogenated alkanes) is 1. The van der Waals surface area contributed by atoms with Gasteiger partial charge in [0.1, 0.15) is 0 Å². The van der Waals surface area contributed by atoms with Crippen molar-refractivity contribution >= 4 is 0 Å². The molecule has 0 aliphatic heterocycles. The maximum absolute atomic E-state index is 4.50. The van der Waals surface area contributed by atoms with Gasteiger partial charge in [0.25, 0.3) is 0 Å². The van der Waals surface area contributed by atoms with Gasteiger partial charge >= 0.3 is 0 Å². The van der Waals surface area contributed by atoms with Crippen molar-refractivity contribution in [1.29, 1.82) is 0 Å². The lowest BCUT2D eigenvalue weighted by Crippen LogP contribution is -2.01. The number of aromatic nitrogens is 2. The molecule has 0 aromatic carbocycles. The highest BCUT2D eigenvalue weighted by atomic mass is 15.3. The van der Waals surface area contributed by atoms with Crippen LogP contribution in [0.15, 0.2) is 12.3 Å². The van der Waals surface area contributed by atoms with Crippen molar-refractivity contribution < 1.29 is 0 Å². The van der Waals surface area contributed by atoms with Crippen LogP contribution in [0, 0.1) is 5.92 Å². The molecule has 0 unspecified atom stereocenters. The van der Waals surface area contributed by atoms with Gasteiger partial charge in [0.15, 0.2) is 0 Å². The van der Waals surface area contributed by atoms with Crippen LogP contribution < -0.4 is 0 Å². The Kier molecular flexibility index (Phi) is 4.00. The number of aryl methyl sites for hydroxylation is 1. The fourth-order valence-corrected chi connectivity index (χ4v) is 1.38. The third kappa shape index (κ3) is 3.62. The van der Waals surface area contributed by atoms with Crippen molar-refractivity contribution in [2.45, 2.75) is 46.6 Å². The third-order valence-electron chi connectivity index (χ3n) is 2.05. The molecular weight excluding hydrogens is 160 g/mol. The van der Waals surface area contributed by atoms with Crippen LogP contribution in [0.3, 0.4) is 0 Å². The lowest BCUT2D eigenvalue weighted by atomic mass is 10.1. The van der Waals surface area contributed by atoms with E-state index in [1.54, 1.807) is 0 Å².